The van der Waals surface area contributed by atoms with Gasteiger partial charge in [-0.05, 0) is 31.2 Å². The molecule has 178 valence electrons. The summed E-state index contributed by atoms with van der Waals surface area (Å²) in [6, 6.07) is 12.7. The van der Waals surface area contributed by atoms with E-state index in [1.165, 1.54) is 14.0 Å². The van der Waals surface area contributed by atoms with Crippen LogP contribution in [0.1, 0.15) is 36.2 Å². The Morgan fingerprint density at radius 2 is 1.88 bits per heavy atom. The Labute approximate surface area is 197 Å². The molecule has 34 heavy (non-hydrogen) atoms. The van der Waals surface area contributed by atoms with Gasteiger partial charge >= 0.3 is 11.9 Å². The quantitative estimate of drug-likeness (QED) is 0.237. The summed E-state index contributed by atoms with van der Waals surface area (Å²) in [6.07, 6.45) is 2.27. The Bertz CT molecular complexity index is 1210. The molecule has 0 saturated heterocycles. The number of hydrogen-bond donors (Lipinski definition) is 0. The molecule has 0 spiro atoms. The van der Waals surface area contributed by atoms with Crippen LogP contribution < -0.4 is 9.47 Å². The fraction of sp³-hybridized carbons (Fsp3) is 0.320. The number of methoxy groups -OCH3 is 1. The van der Waals surface area contributed by atoms with Crippen LogP contribution >= 0.6 is 0 Å². The van der Waals surface area contributed by atoms with Gasteiger partial charge in [-0.15, -0.1) is 0 Å². The summed E-state index contributed by atoms with van der Waals surface area (Å²) < 4.78 is 28.3. The molecule has 9 heteroatoms. The van der Waals surface area contributed by atoms with Gasteiger partial charge in [0, 0.05) is 49.9 Å². The third-order valence-electron chi connectivity index (χ3n) is 4.83. The van der Waals surface area contributed by atoms with Crippen LogP contribution in [-0.2, 0) is 19.0 Å². The zero-order chi connectivity index (χ0) is 24.5. The lowest BCUT2D eigenvalue weighted by Gasteiger charge is -2.13. The predicted molar refractivity (Wildman–Crippen MR) is 123 cm³/mol. The van der Waals surface area contributed by atoms with Gasteiger partial charge in [0.1, 0.15) is 23.1 Å². The van der Waals surface area contributed by atoms with E-state index in [9.17, 15) is 14.9 Å². The molecule has 0 aliphatic heterocycles. The zero-order valence-corrected chi connectivity index (χ0v) is 19.3. The monoisotopic (exact) mass is 466 g/mol. The molecule has 1 aromatic heterocycles. The average Bonchev–Trinajstić information content (AvgIpc) is 3.20. The molecule has 0 fully saturated rings. The third kappa shape index (κ3) is 5.85. The molecular weight excluding hydrogens is 440 g/mol. The molecular formula is C25H26N2O7. The molecule has 0 aliphatic carbocycles. The van der Waals surface area contributed by atoms with Crippen molar-refractivity contribution in [3.63, 3.8) is 0 Å². The highest BCUT2D eigenvalue weighted by atomic mass is 16.7. The van der Waals surface area contributed by atoms with Crippen molar-refractivity contribution < 1.29 is 33.3 Å². The SMILES string of the molecule is CCOC(=O)c1ccc(-n2cc(C#N)c3ccc(OCCCOC(C)=O)cc32)cc1OCOC. The molecule has 0 bridgehead atoms. The molecule has 0 amide bonds. The van der Waals surface area contributed by atoms with Crippen LogP contribution in [0.5, 0.6) is 11.5 Å². The van der Waals surface area contributed by atoms with Crippen LogP contribution in [0.4, 0.5) is 0 Å². The Morgan fingerprint density at radius 1 is 1.06 bits per heavy atom. The van der Waals surface area contributed by atoms with Crippen molar-refractivity contribution in [2.24, 2.45) is 0 Å². The number of nitrogens with zero attached hydrogens (tertiary/aromatic N) is 2. The van der Waals surface area contributed by atoms with Crippen molar-refractivity contribution in [3.05, 3.63) is 53.7 Å². The predicted octanol–water partition coefficient (Wildman–Crippen LogP) is 3.99. The summed E-state index contributed by atoms with van der Waals surface area (Å²) in [6.45, 7) is 3.93. The molecule has 2 aromatic carbocycles. The number of carbonyl (C=O) groups is 2. The topological polar surface area (TPSA) is 109 Å². The van der Waals surface area contributed by atoms with Crippen molar-refractivity contribution in [3.8, 4) is 23.3 Å². The smallest absolute Gasteiger partial charge is 0.341 e. The molecule has 0 unspecified atom stereocenters. The summed E-state index contributed by atoms with van der Waals surface area (Å²) in [5.74, 6) is 0.0833. The maximum Gasteiger partial charge on any atom is 0.341 e. The van der Waals surface area contributed by atoms with Crippen LogP contribution in [0.2, 0.25) is 0 Å². The molecule has 0 aliphatic rings. The van der Waals surface area contributed by atoms with Gasteiger partial charge in [-0.3, -0.25) is 4.79 Å². The van der Waals surface area contributed by atoms with Gasteiger partial charge in [0.05, 0.1) is 30.9 Å². The molecule has 0 N–H and O–H groups in total. The van der Waals surface area contributed by atoms with Crippen molar-refractivity contribution in [2.75, 3.05) is 33.7 Å². The van der Waals surface area contributed by atoms with Crippen molar-refractivity contribution in [2.45, 2.75) is 20.3 Å². The van der Waals surface area contributed by atoms with Crippen LogP contribution in [0.25, 0.3) is 16.6 Å². The lowest BCUT2D eigenvalue weighted by atomic mass is 10.1. The number of esters is 2. The van der Waals surface area contributed by atoms with Gasteiger partial charge in [0.25, 0.3) is 0 Å². The Morgan fingerprint density at radius 3 is 2.59 bits per heavy atom. The highest BCUT2D eigenvalue weighted by Crippen LogP contribution is 2.31. The molecule has 0 saturated carbocycles. The summed E-state index contributed by atoms with van der Waals surface area (Å²) in [7, 11) is 1.49. The van der Waals surface area contributed by atoms with E-state index in [0.29, 0.717) is 35.8 Å². The maximum atomic E-state index is 12.3. The highest BCUT2D eigenvalue weighted by Gasteiger charge is 2.17. The van der Waals surface area contributed by atoms with Gasteiger partial charge in [-0.25, -0.2) is 4.79 Å². The molecule has 9 nitrogen and oxygen atoms in total. The first-order valence-corrected chi connectivity index (χ1v) is 10.7. The van der Waals surface area contributed by atoms with Gasteiger partial charge in [0.2, 0.25) is 0 Å². The number of ether oxygens (including phenoxy) is 5. The number of hydrogen-bond acceptors (Lipinski definition) is 8. The van der Waals surface area contributed by atoms with E-state index in [4.69, 9.17) is 23.7 Å². The van der Waals surface area contributed by atoms with E-state index in [1.807, 2.05) is 16.7 Å². The summed E-state index contributed by atoms with van der Waals surface area (Å²) >= 11 is 0. The lowest BCUT2D eigenvalue weighted by Crippen LogP contribution is -2.10. The van der Waals surface area contributed by atoms with E-state index in [-0.39, 0.29) is 31.5 Å². The van der Waals surface area contributed by atoms with E-state index < -0.39 is 5.97 Å². The van der Waals surface area contributed by atoms with E-state index in [0.717, 1.165) is 10.9 Å². The van der Waals surface area contributed by atoms with Crippen molar-refractivity contribution in [1.29, 1.82) is 5.26 Å². The largest absolute Gasteiger partial charge is 0.493 e. The molecule has 0 radical (unpaired) electrons. The summed E-state index contributed by atoms with van der Waals surface area (Å²) in [5.41, 5.74) is 2.19. The number of aromatic nitrogens is 1. The number of benzene rings is 2. The second kappa shape index (κ2) is 11.7. The molecule has 3 rings (SSSR count). The first-order chi connectivity index (χ1) is 16.5. The summed E-state index contributed by atoms with van der Waals surface area (Å²) in [5, 5.41) is 10.4. The van der Waals surface area contributed by atoms with Gasteiger partial charge in [0.15, 0.2) is 6.79 Å². The second-order valence-corrected chi connectivity index (χ2v) is 7.20. The first-order valence-electron chi connectivity index (χ1n) is 10.7. The van der Waals surface area contributed by atoms with E-state index in [1.54, 1.807) is 37.4 Å². The van der Waals surface area contributed by atoms with E-state index in [2.05, 4.69) is 6.07 Å². The normalized spacial score (nSPS) is 10.5. The second-order valence-electron chi connectivity index (χ2n) is 7.20. The Balaban J connectivity index is 1.95. The molecule has 3 aromatic rings. The third-order valence-corrected chi connectivity index (χ3v) is 4.83. The minimum absolute atomic E-state index is 0.0446. The van der Waals surface area contributed by atoms with Gasteiger partial charge < -0.3 is 28.3 Å². The Hall–Kier alpha value is -4.03. The number of carbonyl (C=O) groups excluding carboxylic acids is 2. The molecule has 0 atom stereocenters. The highest BCUT2D eigenvalue weighted by molar-refractivity contribution is 5.93. The van der Waals surface area contributed by atoms with Gasteiger partial charge in [-0.1, -0.05) is 0 Å². The number of rotatable bonds is 11. The van der Waals surface area contributed by atoms with Crippen LogP contribution in [-0.4, -0.2) is 50.2 Å². The average molecular weight is 466 g/mol. The number of nitriles is 1. The van der Waals surface area contributed by atoms with Crippen LogP contribution in [0.15, 0.2) is 42.6 Å². The molecule has 1 heterocycles. The minimum Gasteiger partial charge on any atom is -0.493 e. The fourth-order valence-electron chi connectivity index (χ4n) is 3.34. The van der Waals surface area contributed by atoms with Gasteiger partial charge in [-0.2, -0.15) is 5.26 Å². The van der Waals surface area contributed by atoms with Crippen molar-refractivity contribution in [1.82, 2.24) is 4.57 Å². The summed E-state index contributed by atoms with van der Waals surface area (Å²) in [4.78, 5) is 23.2. The fourth-order valence-corrected chi connectivity index (χ4v) is 3.34. The van der Waals surface area contributed by atoms with Crippen LogP contribution in [0.3, 0.4) is 0 Å². The minimum atomic E-state index is -0.500. The zero-order valence-electron chi connectivity index (χ0n) is 19.3. The lowest BCUT2D eigenvalue weighted by molar-refractivity contribution is -0.141. The standard InChI is InChI=1S/C25H26N2O7/c1-4-31-25(29)22-8-6-19(12-24(22)34-16-30-3)27-15-18(14-26)21-9-7-20(13-23(21)27)33-11-5-10-32-17(2)28/h6-9,12-13,15H,4-5,10-11,16H2,1-3H3. The Kier molecular flexibility index (Phi) is 8.48. The van der Waals surface area contributed by atoms with Crippen LogP contribution in [0, 0.1) is 11.3 Å². The maximum absolute atomic E-state index is 12.3. The number of fused-ring (bicyclic) bond motifs is 1. The van der Waals surface area contributed by atoms with Crippen molar-refractivity contribution >= 4 is 22.8 Å². The first kappa shape index (κ1) is 24.6. The van der Waals surface area contributed by atoms with E-state index >= 15 is 0 Å².